The van der Waals surface area contributed by atoms with Crippen molar-refractivity contribution >= 4 is 11.9 Å². The highest BCUT2D eigenvalue weighted by Crippen LogP contribution is 2.37. The summed E-state index contributed by atoms with van der Waals surface area (Å²) in [5.74, 6) is 1.01. The number of rotatable bonds is 3. The van der Waals surface area contributed by atoms with E-state index in [9.17, 15) is 4.79 Å². The molecule has 0 bridgehead atoms. The van der Waals surface area contributed by atoms with Crippen molar-refractivity contribution in [3.63, 3.8) is 0 Å². The fraction of sp³-hybridized carbons (Fsp3) is 0.706. The minimum absolute atomic E-state index is 0.109. The molecule has 2 fully saturated rings. The van der Waals surface area contributed by atoms with Crippen LogP contribution in [-0.4, -0.2) is 71.5 Å². The van der Waals surface area contributed by atoms with E-state index in [-0.39, 0.29) is 11.4 Å². The zero-order valence-electron chi connectivity index (χ0n) is 14.5. The van der Waals surface area contributed by atoms with Crippen LogP contribution in [0.3, 0.4) is 0 Å². The molecule has 23 heavy (non-hydrogen) atoms. The number of anilines is 1. The number of likely N-dealkylation sites (tertiary alicyclic amines) is 1. The van der Waals surface area contributed by atoms with Gasteiger partial charge in [-0.1, -0.05) is 0 Å². The first kappa shape index (κ1) is 16.2. The van der Waals surface area contributed by atoms with Crippen molar-refractivity contribution in [3.8, 4) is 0 Å². The van der Waals surface area contributed by atoms with Gasteiger partial charge >= 0.3 is 0 Å². The van der Waals surface area contributed by atoms with Gasteiger partial charge in [0.15, 0.2) is 0 Å². The molecule has 0 radical (unpaired) electrons. The van der Waals surface area contributed by atoms with Gasteiger partial charge in [0.25, 0.3) is 0 Å². The van der Waals surface area contributed by atoms with Gasteiger partial charge in [0.2, 0.25) is 11.9 Å². The molecule has 2 aliphatic heterocycles. The van der Waals surface area contributed by atoms with Crippen molar-refractivity contribution in [1.82, 2.24) is 19.8 Å². The molecular formula is C17H27N5O. The van der Waals surface area contributed by atoms with Crippen LogP contribution in [-0.2, 0) is 4.79 Å². The largest absolute Gasteiger partial charge is 0.348 e. The third-order valence-electron chi connectivity index (χ3n) is 5.17. The average molecular weight is 317 g/mol. The van der Waals surface area contributed by atoms with Gasteiger partial charge in [-0.25, -0.2) is 9.97 Å². The molecule has 0 aliphatic carbocycles. The van der Waals surface area contributed by atoms with Crippen molar-refractivity contribution in [2.75, 3.05) is 45.2 Å². The number of likely N-dealkylation sites (N-methyl/N-ethyl adjacent to an activating group) is 1. The summed E-state index contributed by atoms with van der Waals surface area (Å²) in [6, 6.07) is 0. The van der Waals surface area contributed by atoms with E-state index in [2.05, 4.69) is 19.8 Å². The van der Waals surface area contributed by atoms with Gasteiger partial charge in [-0.3, -0.25) is 9.69 Å². The molecule has 3 heterocycles. The highest BCUT2D eigenvalue weighted by atomic mass is 16.2. The molecule has 1 amide bonds. The normalized spacial score (nSPS) is 25.1. The summed E-state index contributed by atoms with van der Waals surface area (Å²) in [5.41, 5.74) is 1.19. The maximum absolute atomic E-state index is 12.2. The standard InChI is InChI=1S/C17H27N5O/c1-14-10-18-16(19-11-14)21-8-4-6-17(13-21)7-5-9-22(17)12-15(23)20(2)3/h10-11H,4-9,12-13H2,1-3H3/t17-/m1/s1. The third-order valence-corrected chi connectivity index (χ3v) is 5.17. The molecule has 1 spiro atoms. The van der Waals surface area contributed by atoms with E-state index >= 15 is 0 Å². The summed E-state index contributed by atoms with van der Waals surface area (Å²) in [5, 5.41) is 0. The Balaban J connectivity index is 1.75. The highest BCUT2D eigenvalue weighted by Gasteiger charge is 2.45. The van der Waals surface area contributed by atoms with E-state index in [0.717, 1.165) is 50.4 Å². The lowest BCUT2D eigenvalue weighted by Gasteiger charge is -2.46. The second-order valence-corrected chi connectivity index (χ2v) is 7.12. The molecule has 1 aromatic heterocycles. The van der Waals surface area contributed by atoms with Crippen molar-refractivity contribution in [3.05, 3.63) is 18.0 Å². The quantitative estimate of drug-likeness (QED) is 0.841. The maximum atomic E-state index is 12.2. The predicted molar refractivity (Wildman–Crippen MR) is 90.4 cm³/mol. The van der Waals surface area contributed by atoms with E-state index < -0.39 is 0 Å². The molecule has 6 nitrogen and oxygen atoms in total. The van der Waals surface area contributed by atoms with Gasteiger partial charge in [0.05, 0.1) is 6.54 Å². The SMILES string of the molecule is Cc1cnc(N2CCC[C@@]3(CCCN3CC(=O)N(C)C)C2)nc1. The highest BCUT2D eigenvalue weighted by molar-refractivity contribution is 5.77. The number of aryl methyl sites for hydroxylation is 1. The van der Waals surface area contributed by atoms with Crippen LogP contribution < -0.4 is 4.90 Å². The minimum atomic E-state index is 0.109. The average Bonchev–Trinajstić information content (AvgIpc) is 2.90. The number of hydrogen-bond acceptors (Lipinski definition) is 5. The van der Waals surface area contributed by atoms with Gasteiger partial charge in [-0.2, -0.15) is 0 Å². The minimum Gasteiger partial charge on any atom is -0.348 e. The Bertz CT molecular complexity index is 559. The Labute approximate surface area is 138 Å². The maximum Gasteiger partial charge on any atom is 0.236 e. The molecule has 2 aliphatic rings. The first-order valence-corrected chi connectivity index (χ1v) is 8.49. The number of carbonyl (C=O) groups excluding carboxylic acids is 1. The molecule has 3 rings (SSSR count). The monoisotopic (exact) mass is 317 g/mol. The fourth-order valence-electron chi connectivity index (χ4n) is 3.84. The van der Waals surface area contributed by atoms with Crippen molar-refractivity contribution in [2.24, 2.45) is 0 Å². The third kappa shape index (κ3) is 3.32. The van der Waals surface area contributed by atoms with Gasteiger partial charge in [-0.15, -0.1) is 0 Å². The Morgan fingerprint density at radius 3 is 2.52 bits per heavy atom. The van der Waals surface area contributed by atoms with E-state index in [1.807, 2.05) is 33.4 Å². The fourth-order valence-corrected chi connectivity index (χ4v) is 3.84. The molecule has 0 saturated carbocycles. The number of amides is 1. The Morgan fingerprint density at radius 1 is 1.22 bits per heavy atom. The zero-order chi connectivity index (χ0) is 16.4. The molecule has 0 aromatic carbocycles. The van der Waals surface area contributed by atoms with E-state index in [0.29, 0.717) is 6.54 Å². The summed E-state index contributed by atoms with van der Waals surface area (Å²) < 4.78 is 0. The lowest BCUT2D eigenvalue weighted by molar-refractivity contribution is -0.131. The van der Waals surface area contributed by atoms with Crippen molar-refractivity contribution in [2.45, 2.75) is 38.1 Å². The lowest BCUT2D eigenvalue weighted by Crippen LogP contribution is -2.57. The van der Waals surface area contributed by atoms with Crippen molar-refractivity contribution < 1.29 is 4.79 Å². The molecular weight excluding hydrogens is 290 g/mol. The van der Waals surface area contributed by atoms with Crippen molar-refractivity contribution in [1.29, 1.82) is 0 Å². The molecule has 1 atom stereocenters. The first-order valence-electron chi connectivity index (χ1n) is 8.49. The Hall–Kier alpha value is -1.69. The number of nitrogens with zero attached hydrogens (tertiary/aromatic N) is 5. The second kappa shape index (κ2) is 6.43. The van der Waals surface area contributed by atoms with Gasteiger partial charge in [0.1, 0.15) is 0 Å². The summed E-state index contributed by atoms with van der Waals surface area (Å²) >= 11 is 0. The van der Waals surface area contributed by atoms with E-state index in [1.165, 1.54) is 6.42 Å². The molecule has 0 unspecified atom stereocenters. The van der Waals surface area contributed by atoms with Crippen LogP contribution in [0.1, 0.15) is 31.2 Å². The van der Waals surface area contributed by atoms with Crippen LogP contribution in [0.15, 0.2) is 12.4 Å². The zero-order valence-corrected chi connectivity index (χ0v) is 14.5. The van der Waals surface area contributed by atoms with Crippen LogP contribution in [0.25, 0.3) is 0 Å². The first-order chi connectivity index (χ1) is 11.0. The van der Waals surface area contributed by atoms with Gasteiger partial charge in [-0.05, 0) is 44.7 Å². The Morgan fingerprint density at radius 2 is 1.87 bits per heavy atom. The second-order valence-electron chi connectivity index (χ2n) is 7.12. The predicted octanol–water partition coefficient (Wildman–Crippen LogP) is 1.31. The molecule has 6 heteroatoms. The molecule has 1 aromatic rings. The lowest BCUT2D eigenvalue weighted by atomic mass is 9.86. The van der Waals surface area contributed by atoms with Crippen LogP contribution in [0.4, 0.5) is 5.95 Å². The van der Waals surface area contributed by atoms with Crippen LogP contribution in [0.5, 0.6) is 0 Å². The number of aromatic nitrogens is 2. The molecule has 126 valence electrons. The van der Waals surface area contributed by atoms with Gasteiger partial charge < -0.3 is 9.80 Å². The summed E-state index contributed by atoms with van der Waals surface area (Å²) in [4.78, 5) is 27.5. The summed E-state index contributed by atoms with van der Waals surface area (Å²) in [6.45, 7) is 5.47. The number of hydrogen-bond donors (Lipinski definition) is 0. The number of piperidine rings is 1. The van der Waals surface area contributed by atoms with Crippen LogP contribution >= 0.6 is 0 Å². The Kier molecular flexibility index (Phi) is 4.53. The number of carbonyl (C=O) groups is 1. The molecule has 2 saturated heterocycles. The van der Waals surface area contributed by atoms with E-state index in [1.54, 1.807) is 4.90 Å². The smallest absolute Gasteiger partial charge is 0.236 e. The van der Waals surface area contributed by atoms with Crippen LogP contribution in [0, 0.1) is 6.92 Å². The van der Waals surface area contributed by atoms with E-state index in [4.69, 9.17) is 0 Å². The summed E-state index contributed by atoms with van der Waals surface area (Å²) in [7, 11) is 3.66. The van der Waals surface area contributed by atoms with Gasteiger partial charge in [0, 0.05) is 45.1 Å². The van der Waals surface area contributed by atoms with Crippen LogP contribution in [0.2, 0.25) is 0 Å². The molecule has 0 N–H and O–H groups in total. The summed E-state index contributed by atoms with van der Waals surface area (Å²) in [6.07, 6.45) is 8.39. The topological polar surface area (TPSA) is 52.6 Å².